The minimum absolute atomic E-state index is 0.0945. The predicted octanol–water partition coefficient (Wildman–Crippen LogP) is 1.95. The summed E-state index contributed by atoms with van der Waals surface area (Å²) in [4.78, 5) is 12.1. The molecule has 1 amide bonds. The average molecular weight is 332 g/mol. The fourth-order valence-electron chi connectivity index (χ4n) is 1.66. The van der Waals surface area contributed by atoms with Gasteiger partial charge in [-0.25, -0.2) is 8.70 Å². The summed E-state index contributed by atoms with van der Waals surface area (Å²) >= 11 is 5.61. The van der Waals surface area contributed by atoms with Gasteiger partial charge in [0.25, 0.3) is 5.91 Å². The summed E-state index contributed by atoms with van der Waals surface area (Å²) in [5.41, 5.74) is 0.344. The van der Waals surface area contributed by atoms with Crippen LogP contribution in [-0.4, -0.2) is 31.4 Å². The lowest BCUT2D eigenvalue weighted by atomic mass is 10.2. The molecule has 9 heteroatoms. The van der Waals surface area contributed by atoms with Crippen molar-refractivity contribution in [3.05, 3.63) is 40.8 Å². The second-order valence-electron chi connectivity index (χ2n) is 4.29. The number of nitrogens with one attached hydrogen (secondary N) is 1. The minimum Gasteiger partial charge on any atom is -0.321 e. The summed E-state index contributed by atoms with van der Waals surface area (Å²) in [5, 5.41) is 2.30. The maximum absolute atomic E-state index is 13.0. The highest BCUT2D eigenvalue weighted by Crippen LogP contribution is 2.21. The molecule has 1 aromatic carbocycles. The molecule has 0 aromatic heterocycles. The topological polar surface area (TPSA) is 78.8 Å². The number of halogens is 2. The molecule has 0 radical (unpaired) electrons. The van der Waals surface area contributed by atoms with Gasteiger partial charge in [0.05, 0.1) is 10.7 Å². The Hall–Kier alpha value is -1.93. The standard InChI is InChI=1S/C12H11ClFN3O3S/c1-7-5-11(17(2)21(19,20)16-7)12(18)15-8-3-4-10(14)9(13)6-8/h3-6H,1-2H3,(H,15,18). The quantitative estimate of drug-likeness (QED) is 0.899. The zero-order valence-corrected chi connectivity index (χ0v) is 12.7. The van der Waals surface area contributed by atoms with Gasteiger partial charge in [0.15, 0.2) is 0 Å². The van der Waals surface area contributed by atoms with E-state index < -0.39 is 21.9 Å². The van der Waals surface area contributed by atoms with Crippen LogP contribution < -0.4 is 5.32 Å². The smallest absolute Gasteiger partial charge is 0.321 e. The lowest BCUT2D eigenvalue weighted by molar-refractivity contribution is -0.113. The van der Waals surface area contributed by atoms with Gasteiger partial charge in [0, 0.05) is 12.7 Å². The average Bonchev–Trinajstić information content (AvgIpc) is 2.37. The monoisotopic (exact) mass is 331 g/mol. The molecule has 1 N–H and O–H groups in total. The van der Waals surface area contributed by atoms with Crippen LogP contribution in [0.1, 0.15) is 6.92 Å². The zero-order valence-electron chi connectivity index (χ0n) is 11.1. The number of carbonyl (C=O) groups is 1. The van der Waals surface area contributed by atoms with Crippen molar-refractivity contribution in [2.75, 3.05) is 12.4 Å². The molecule has 0 spiro atoms. The van der Waals surface area contributed by atoms with Crippen molar-refractivity contribution >= 4 is 39.1 Å². The largest absolute Gasteiger partial charge is 0.344 e. The van der Waals surface area contributed by atoms with E-state index in [1.54, 1.807) is 0 Å². The Labute approximate surface area is 126 Å². The molecule has 0 saturated heterocycles. The van der Waals surface area contributed by atoms with Crippen LogP contribution in [-0.2, 0) is 15.0 Å². The number of benzene rings is 1. The molecule has 0 fully saturated rings. The number of amides is 1. The molecule has 1 aromatic rings. The van der Waals surface area contributed by atoms with Gasteiger partial charge < -0.3 is 5.32 Å². The van der Waals surface area contributed by atoms with E-state index in [1.165, 1.54) is 32.2 Å². The van der Waals surface area contributed by atoms with Crippen LogP contribution in [0.3, 0.4) is 0 Å². The van der Waals surface area contributed by atoms with E-state index in [1.807, 2.05) is 0 Å². The molecule has 0 saturated carbocycles. The first kappa shape index (κ1) is 15.5. The maximum atomic E-state index is 13.0. The molecule has 1 heterocycles. The van der Waals surface area contributed by atoms with Crippen molar-refractivity contribution in [1.29, 1.82) is 0 Å². The zero-order chi connectivity index (χ0) is 15.8. The van der Waals surface area contributed by atoms with Crippen molar-refractivity contribution in [2.45, 2.75) is 6.92 Å². The Morgan fingerprint density at radius 1 is 1.43 bits per heavy atom. The van der Waals surface area contributed by atoms with E-state index in [4.69, 9.17) is 11.6 Å². The first-order chi connectivity index (χ1) is 9.70. The van der Waals surface area contributed by atoms with Gasteiger partial charge >= 0.3 is 10.2 Å². The Kier molecular flexibility index (Phi) is 4.02. The van der Waals surface area contributed by atoms with Crippen molar-refractivity contribution in [3.8, 4) is 0 Å². The van der Waals surface area contributed by atoms with Crippen molar-refractivity contribution in [2.24, 2.45) is 4.40 Å². The number of allylic oxidation sites excluding steroid dienone is 1. The van der Waals surface area contributed by atoms with E-state index in [-0.39, 0.29) is 22.1 Å². The molecule has 6 nitrogen and oxygen atoms in total. The fraction of sp³-hybridized carbons (Fsp3) is 0.167. The van der Waals surface area contributed by atoms with Gasteiger partial charge in [-0.05, 0) is 31.2 Å². The van der Waals surface area contributed by atoms with Gasteiger partial charge in [0.1, 0.15) is 11.5 Å². The summed E-state index contributed by atoms with van der Waals surface area (Å²) < 4.78 is 40.7. The number of likely N-dealkylation sites (N-methyl/N-ethyl adjacent to an activating group) is 1. The van der Waals surface area contributed by atoms with Gasteiger partial charge in [-0.15, -0.1) is 4.40 Å². The van der Waals surface area contributed by atoms with E-state index in [0.717, 1.165) is 10.4 Å². The lowest BCUT2D eigenvalue weighted by Gasteiger charge is -2.22. The van der Waals surface area contributed by atoms with Crippen LogP contribution in [0.15, 0.2) is 34.4 Å². The van der Waals surface area contributed by atoms with Crippen LogP contribution in [0.5, 0.6) is 0 Å². The van der Waals surface area contributed by atoms with Crippen LogP contribution in [0.2, 0.25) is 5.02 Å². The molecular formula is C12H11ClFN3O3S. The Morgan fingerprint density at radius 3 is 2.71 bits per heavy atom. The molecule has 21 heavy (non-hydrogen) atoms. The number of anilines is 1. The summed E-state index contributed by atoms with van der Waals surface area (Å²) in [5.74, 6) is -1.28. The van der Waals surface area contributed by atoms with Gasteiger partial charge in [-0.1, -0.05) is 11.6 Å². The van der Waals surface area contributed by atoms with Crippen LogP contribution in [0.4, 0.5) is 10.1 Å². The predicted molar refractivity (Wildman–Crippen MR) is 77.9 cm³/mol. The highest BCUT2D eigenvalue weighted by atomic mass is 35.5. The summed E-state index contributed by atoms with van der Waals surface area (Å²) in [6.07, 6.45) is 1.33. The van der Waals surface area contributed by atoms with Gasteiger partial charge in [-0.2, -0.15) is 8.42 Å². The highest BCUT2D eigenvalue weighted by Gasteiger charge is 2.28. The molecule has 112 valence electrons. The summed E-state index contributed by atoms with van der Waals surface area (Å²) in [7, 11) is -2.69. The van der Waals surface area contributed by atoms with Crippen LogP contribution in [0, 0.1) is 5.82 Å². The molecule has 1 aliphatic rings. The van der Waals surface area contributed by atoms with Crippen LogP contribution >= 0.6 is 11.6 Å². The van der Waals surface area contributed by atoms with Gasteiger partial charge in [-0.3, -0.25) is 4.79 Å². The SMILES string of the molecule is CC1=NS(=O)(=O)N(C)C(C(=O)Nc2ccc(F)c(Cl)c2)=C1. The summed E-state index contributed by atoms with van der Waals surface area (Å²) in [6.45, 7) is 1.46. The second kappa shape index (κ2) is 5.45. The Morgan fingerprint density at radius 2 is 2.10 bits per heavy atom. The van der Waals surface area contributed by atoms with E-state index in [0.29, 0.717) is 0 Å². The molecule has 0 unspecified atom stereocenters. The maximum Gasteiger partial charge on any atom is 0.344 e. The highest BCUT2D eigenvalue weighted by molar-refractivity contribution is 7.88. The molecule has 0 atom stereocenters. The first-order valence-electron chi connectivity index (χ1n) is 5.74. The van der Waals surface area contributed by atoms with Gasteiger partial charge in [0.2, 0.25) is 0 Å². The Bertz CT molecular complexity index is 774. The Balaban J connectivity index is 2.28. The normalized spacial score (nSPS) is 17.0. The third kappa shape index (κ3) is 3.22. The van der Waals surface area contributed by atoms with E-state index in [9.17, 15) is 17.6 Å². The number of hydrogen-bond acceptors (Lipinski definition) is 3. The van der Waals surface area contributed by atoms with E-state index >= 15 is 0 Å². The summed E-state index contributed by atoms with van der Waals surface area (Å²) in [6, 6.07) is 3.64. The second-order valence-corrected chi connectivity index (χ2v) is 6.32. The van der Waals surface area contributed by atoms with Crippen molar-refractivity contribution < 1.29 is 17.6 Å². The molecule has 2 rings (SSSR count). The number of nitrogens with zero attached hydrogens (tertiary/aromatic N) is 2. The van der Waals surface area contributed by atoms with Crippen molar-refractivity contribution in [1.82, 2.24) is 4.31 Å². The molecule has 0 bridgehead atoms. The molecule has 0 aliphatic carbocycles. The van der Waals surface area contributed by atoms with E-state index in [2.05, 4.69) is 9.71 Å². The number of carbonyl (C=O) groups excluding carboxylic acids is 1. The third-order valence-electron chi connectivity index (χ3n) is 2.70. The third-order valence-corrected chi connectivity index (χ3v) is 4.40. The lowest BCUT2D eigenvalue weighted by Crippen LogP contribution is -2.35. The fourth-order valence-corrected chi connectivity index (χ4v) is 2.76. The first-order valence-corrected chi connectivity index (χ1v) is 7.52. The number of hydrogen-bond donors (Lipinski definition) is 1. The number of rotatable bonds is 2. The molecular weight excluding hydrogens is 321 g/mol. The van der Waals surface area contributed by atoms with Crippen molar-refractivity contribution in [3.63, 3.8) is 0 Å². The molecule has 1 aliphatic heterocycles. The van der Waals surface area contributed by atoms with Crippen LogP contribution in [0.25, 0.3) is 0 Å². The minimum atomic E-state index is -3.91.